The summed E-state index contributed by atoms with van der Waals surface area (Å²) in [6.07, 6.45) is -2.18. The Morgan fingerprint density at radius 3 is 2.36 bits per heavy atom. The van der Waals surface area contributed by atoms with E-state index in [4.69, 9.17) is 9.84 Å². The van der Waals surface area contributed by atoms with E-state index in [9.17, 15) is 22.8 Å². The third kappa shape index (κ3) is 5.27. The number of hydrogen-bond acceptors (Lipinski definition) is 3. The lowest BCUT2D eigenvalue weighted by Crippen LogP contribution is -2.32. The zero-order valence-electron chi connectivity index (χ0n) is 12.2. The van der Waals surface area contributed by atoms with Gasteiger partial charge in [0.15, 0.2) is 0 Å². The number of alkyl halides is 2. The highest BCUT2D eigenvalue weighted by Gasteiger charge is 2.39. The van der Waals surface area contributed by atoms with Gasteiger partial charge in [-0.15, -0.1) is 0 Å². The van der Waals surface area contributed by atoms with Crippen molar-refractivity contribution in [2.75, 3.05) is 5.32 Å². The van der Waals surface area contributed by atoms with Crippen LogP contribution in [0.1, 0.15) is 26.3 Å². The molecule has 22 heavy (non-hydrogen) atoms. The molecule has 0 atom stereocenters. The maximum absolute atomic E-state index is 13.3. The number of aliphatic carboxylic acids is 1. The number of carbonyl (C=O) groups is 2. The van der Waals surface area contributed by atoms with Crippen molar-refractivity contribution < 1.29 is 32.6 Å². The summed E-state index contributed by atoms with van der Waals surface area (Å²) in [4.78, 5) is 22.1. The maximum atomic E-state index is 13.3. The molecular weight excluding hydrogens is 303 g/mol. The lowest BCUT2D eigenvalue weighted by molar-refractivity contribution is -0.164. The molecule has 1 aromatic carbocycles. The predicted octanol–water partition coefficient (Wildman–Crippen LogP) is 3.44. The van der Waals surface area contributed by atoms with Crippen molar-refractivity contribution in [3.8, 4) is 0 Å². The second-order valence-electron chi connectivity index (χ2n) is 5.61. The van der Waals surface area contributed by atoms with Gasteiger partial charge in [-0.05, 0) is 44.5 Å². The van der Waals surface area contributed by atoms with Gasteiger partial charge in [0.05, 0.1) is 0 Å². The molecule has 0 heterocycles. The smallest absolute Gasteiger partial charge is 0.412 e. The molecule has 2 N–H and O–H groups in total. The first-order valence-electron chi connectivity index (χ1n) is 6.30. The second kappa shape index (κ2) is 6.25. The fraction of sp³-hybridized carbons (Fsp3) is 0.429. The second-order valence-corrected chi connectivity index (χ2v) is 5.61. The van der Waals surface area contributed by atoms with Crippen LogP contribution in [0.5, 0.6) is 0 Å². The Hall–Kier alpha value is -2.25. The van der Waals surface area contributed by atoms with Crippen LogP contribution in [0.25, 0.3) is 0 Å². The number of nitrogens with one attached hydrogen (secondary N) is 1. The molecule has 5 nitrogen and oxygen atoms in total. The molecule has 0 spiro atoms. The van der Waals surface area contributed by atoms with E-state index in [1.807, 2.05) is 0 Å². The Morgan fingerprint density at radius 2 is 1.86 bits per heavy atom. The van der Waals surface area contributed by atoms with Crippen LogP contribution in [-0.2, 0) is 16.0 Å². The highest BCUT2D eigenvalue weighted by Crippen LogP contribution is 2.26. The summed E-state index contributed by atoms with van der Waals surface area (Å²) in [7, 11) is 0. The summed E-state index contributed by atoms with van der Waals surface area (Å²) in [6.45, 7) is 4.82. The number of halogens is 3. The van der Waals surface area contributed by atoms with Crippen molar-refractivity contribution >= 4 is 17.7 Å². The molecule has 0 bridgehead atoms. The minimum Gasteiger partial charge on any atom is -0.477 e. The number of carbonyl (C=O) groups excluding carboxylic acids is 1. The number of carboxylic acids is 1. The highest BCUT2D eigenvalue weighted by atomic mass is 19.3. The molecule has 1 amide bonds. The summed E-state index contributed by atoms with van der Waals surface area (Å²) < 4.78 is 44.7. The molecule has 0 aromatic heterocycles. The Balaban J connectivity index is 3.01. The number of carboxylic acid groups (broad SMARTS) is 1. The van der Waals surface area contributed by atoms with E-state index in [0.29, 0.717) is 0 Å². The van der Waals surface area contributed by atoms with E-state index < -0.39 is 35.8 Å². The molecule has 0 radical (unpaired) electrons. The number of hydrogen-bond donors (Lipinski definition) is 2. The standard InChI is InChI=1S/C14H16F3NO4/c1-13(2,3)22-12(21)18-10-5-4-9(15)6-8(10)7-14(16,17)11(19)20/h4-6H,7H2,1-3H3,(H,18,21)(H,19,20). The molecule has 122 valence electrons. The van der Waals surface area contributed by atoms with Gasteiger partial charge in [-0.25, -0.2) is 14.0 Å². The molecule has 0 aliphatic heterocycles. The Morgan fingerprint density at radius 1 is 1.27 bits per heavy atom. The van der Waals surface area contributed by atoms with Crippen molar-refractivity contribution in [2.45, 2.75) is 38.7 Å². The van der Waals surface area contributed by atoms with E-state index in [1.165, 1.54) is 0 Å². The number of rotatable bonds is 4. The van der Waals surface area contributed by atoms with E-state index in [1.54, 1.807) is 20.8 Å². The summed E-state index contributed by atoms with van der Waals surface area (Å²) in [5.41, 5.74) is -1.30. The van der Waals surface area contributed by atoms with Crippen LogP contribution in [0.15, 0.2) is 18.2 Å². The van der Waals surface area contributed by atoms with Crippen LogP contribution in [0.3, 0.4) is 0 Å². The lowest BCUT2D eigenvalue weighted by atomic mass is 10.0. The molecule has 0 saturated carbocycles. The zero-order chi connectivity index (χ0) is 17.1. The number of ether oxygens (including phenoxy) is 1. The fourth-order valence-corrected chi connectivity index (χ4v) is 1.56. The number of benzene rings is 1. The van der Waals surface area contributed by atoms with E-state index in [0.717, 1.165) is 18.2 Å². The van der Waals surface area contributed by atoms with Crippen molar-refractivity contribution in [3.63, 3.8) is 0 Å². The molecule has 0 unspecified atom stereocenters. The molecule has 0 saturated heterocycles. The van der Waals surface area contributed by atoms with Crippen LogP contribution in [-0.4, -0.2) is 28.7 Å². The summed E-state index contributed by atoms with van der Waals surface area (Å²) in [5.74, 6) is -7.25. The fourth-order valence-electron chi connectivity index (χ4n) is 1.56. The average molecular weight is 319 g/mol. The number of anilines is 1. The van der Waals surface area contributed by atoms with Gasteiger partial charge in [-0.3, -0.25) is 5.32 Å². The summed E-state index contributed by atoms with van der Waals surface area (Å²) in [5, 5.41) is 10.6. The van der Waals surface area contributed by atoms with Gasteiger partial charge in [0, 0.05) is 12.1 Å². The third-order valence-corrected chi connectivity index (χ3v) is 2.43. The topological polar surface area (TPSA) is 75.6 Å². The van der Waals surface area contributed by atoms with Crippen LogP contribution < -0.4 is 5.32 Å². The molecular formula is C14H16F3NO4. The molecule has 8 heteroatoms. The molecule has 1 aromatic rings. The molecule has 0 aliphatic carbocycles. The minimum absolute atomic E-state index is 0.142. The van der Waals surface area contributed by atoms with Gasteiger partial charge in [-0.1, -0.05) is 0 Å². The Labute approximate surface area is 125 Å². The van der Waals surface area contributed by atoms with E-state index >= 15 is 0 Å². The van der Waals surface area contributed by atoms with Crippen LogP contribution in [0.2, 0.25) is 0 Å². The van der Waals surface area contributed by atoms with Gasteiger partial charge in [-0.2, -0.15) is 8.78 Å². The van der Waals surface area contributed by atoms with Crippen LogP contribution in [0.4, 0.5) is 23.7 Å². The molecule has 0 fully saturated rings. The van der Waals surface area contributed by atoms with Crippen molar-refractivity contribution in [3.05, 3.63) is 29.6 Å². The van der Waals surface area contributed by atoms with Gasteiger partial charge in [0.25, 0.3) is 0 Å². The highest BCUT2D eigenvalue weighted by molar-refractivity contribution is 5.86. The van der Waals surface area contributed by atoms with Crippen LogP contribution in [0, 0.1) is 5.82 Å². The SMILES string of the molecule is CC(C)(C)OC(=O)Nc1ccc(F)cc1CC(F)(F)C(=O)O. The van der Waals surface area contributed by atoms with Crippen molar-refractivity contribution in [1.29, 1.82) is 0 Å². The average Bonchev–Trinajstić information content (AvgIpc) is 2.29. The van der Waals surface area contributed by atoms with Gasteiger partial charge >= 0.3 is 18.0 Å². The Bertz CT molecular complexity index is 582. The first-order valence-corrected chi connectivity index (χ1v) is 6.30. The monoisotopic (exact) mass is 319 g/mol. The molecule has 0 aliphatic rings. The number of amides is 1. The summed E-state index contributed by atoms with van der Waals surface area (Å²) in [6, 6.07) is 2.76. The quantitative estimate of drug-likeness (QED) is 0.891. The maximum Gasteiger partial charge on any atom is 0.412 e. The minimum atomic E-state index is -4.09. The Kier molecular flexibility index (Phi) is 5.05. The van der Waals surface area contributed by atoms with Crippen molar-refractivity contribution in [2.24, 2.45) is 0 Å². The van der Waals surface area contributed by atoms with Gasteiger partial charge in [0.1, 0.15) is 11.4 Å². The molecule has 1 rings (SSSR count). The van der Waals surface area contributed by atoms with Gasteiger partial charge < -0.3 is 9.84 Å². The summed E-state index contributed by atoms with van der Waals surface area (Å²) >= 11 is 0. The van der Waals surface area contributed by atoms with E-state index in [-0.39, 0.29) is 11.3 Å². The largest absolute Gasteiger partial charge is 0.477 e. The zero-order valence-corrected chi connectivity index (χ0v) is 12.2. The first-order chi connectivity index (χ1) is 9.90. The predicted molar refractivity (Wildman–Crippen MR) is 72.5 cm³/mol. The normalized spacial score (nSPS) is 11.9. The van der Waals surface area contributed by atoms with Crippen molar-refractivity contribution in [1.82, 2.24) is 0 Å². The first kappa shape index (κ1) is 17.8. The van der Waals surface area contributed by atoms with E-state index in [2.05, 4.69) is 5.32 Å². The lowest BCUT2D eigenvalue weighted by Gasteiger charge is -2.21. The third-order valence-electron chi connectivity index (χ3n) is 2.43. The van der Waals surface area contributed by atoms with Crippen LogP contribution >= 0.6 is 0 Å². The van der Waals surface area contributed by atoms with Gasteiger partial charge in [0.2, 0.25) is 0 Å².